The number of H-pyrrole nitrogens is 2. The summed E-state index contributed by atoms with van der Waals surface area (Å²) in [5.41, 5.74) is 4.80. The van der Waals surface area contributed by atoms with Crippen molar-refractivity contribution in [2.24, 2.45) is 19.8 Å². The number of primary amides is 1. The number of aromatic nitrogens is 8. The summed E-state index contributed by atoms with van der Waals surface area (Å²) in [5, 5.41) is 0.248. The van der Waals surface area contributed by atoms with Crippen LogP contribution in [0.5, 0.6) is 0 Å². The predicted octanol–water partition coefficient (Wildman–Crippen LogP) is 2.24. The lowest BCUT2D eigenvalue weighted by molar-refractivity contribution is -0.142. The molecule has 48 heavy (non-hydrogen) atoms. The first-order chi connectivity index (χ1) is 22.8. The molecule has 0 aliphatic rings. The molecule has 4 aromatic heterocycles. The summed E-state index contributed by atoms with van der Waals surface area (Å²) in [4.78, 5) is 85.2. The largest absolute Gasteiger partial charge is 0.465 e. The second kappa shape index (κ2) is 17.4. The number of nitrogens with two attached hydrogens (primary N) is 1. The van der Waals surface area contributed by atoms with E-state index >= 15 is 0 Å². The zero-order chi connectivity index (χ0) is 35.7. The second-order valence-electron chi connectivity index (χ2n) is 11.0. The zero-order valence-corrected chi connectivity index (χ0v) is 30.1. The van der Waals surface area contributed by atoms with Gasteiger partial charge in [0.05, 0.1) is 11.9 Å². The number of aryl methyl sites for hydroxylation is 4. The normalized spacial score (nSPS) is 12.6. The van der Waals surface area contributed by atoms with E-state index < -0.39 is 38.9 Å². The minimum Gasteiger partial charge on any atom is -0.465 e. The molecule has 0 saturated heterocycles. The highest BCUT2D eigenvalue weighted by Gasteiger charge is 2.25. The lowest BCUT2D eigenvalue weighted by Gasteiger charge is -2.14. The van der Waals surface area contributed by atoms with Gasteiger partial charge in [0.15, 0.2) is 32.6 Å². The number of ether oxygens (including phenoxy) is 1. The summed E-state index contributed by atoms with van der Waals surface area (Å²) in [6.45, 7) is 11.1. The number of nitrogens with one attached hydrogen (secondary N) is 2. The number of carbonyl (C=O) groups excluding carboxylic acids is 2. The molecular formula is C30H45N9O7S2. The number of amides is 1. The van der Waals surface area contributed by atoms with Gasteiger partial charge in [-0.1, -0.05) is 64.1 Å². The number of unbranched alkanes of at least 4 members (excludes halogenated alkanes) is 2. The van der Waals surface area contributed by atoms with Crippen molar-refractivity contribution in [1.82, 2.24) is 38.2 Å². The Bertz CT molecular complexity index is 1990. The van der Waals surface area contributed by atoms with Gasteiger partial charge in [0, 0.05) is 27.2 Å². The Morgan fingerprint density at radius 3 is 1.52 bits per heavy atom. The third kappa shape index (κ3) is 8.50. The maximum atomic E-state index is 12.3. The number of carbonyl (C=O) groups is 2. The smallest absolute Gasteiger partial charge is 0.329 e. The monoisotopic (exact) mass is 707 g/mol. The maximum Gasteiger partial charge on any atom is 0.329 e. The van der Waals surface area contributed by atoms with Gasteiger partial charge in [-0.15, -0.1) is 0 Å². The molecule has 4 aromatic rings. The number of aromatic amines is 2. The Kier molecular flexibility index (Phi) is 13.9. The number of rotatable bonds is 15. The summed E-state index contributed by atoms with van der Waals surface area (Å²) in [7, 11) is 3.12. The van der Waals surface area contributed by atoms with Crippen LogP contribution in [0.25, 0.3) is 22.3 Å². The molecule has 2 unspecified atom stereocenters. The second-order valence-corrected chi connectivity index (χ2v) is 13.3. The van der Waals surface area contributed by atoms with Crippen molar-refractivity contribution in [3.8, 4) is 0 Å². The predicted molar refractivity (Wildman–Crippen MR) is 187 cm³/mol. The summed E-state index contributed by atoms with van der Waals surface area (Å²) < 4.78 is 11.3. The van der Waals surface area contributed by atoms with Crippen LogP contribution in [-0.2, 0) is 41.5 Å². The van der Waals surface area contributed by atoms with E-state index in [1.807, 2.05) is 20.8 Å². The van der Waals surface area contributed by atoms with E-state index in [-0.39, 0.29) is 5.97 Å². The molecule has 0 fully saturated rings. The highest BCUT2D eigenvalue weighted by molar-refractivity contribution is 8.00. The van der Waals surface area contributed by atoms with Crippen molar-refractivity contribution < 1.29 is 14.3 Å². The van der Waals surface area contributed by atoms with Gasteiger partial charge in [-0.25, -0.2) is 19.6 Å². The van der Waals surface area contributed by atoms with Crippen molar-refractivity contribution in [3.63, 3.8) is 0 Å². The third-order valence-corrected chi connectivity index (χ3v) is 10.2. The summed E-state index contributed by atoms with van der Waals surface area (Å²) >= 11 is 2.50. The molecule has 0 aromatic carbocycles. The number of esters is 1. The number of thioether (sulfide) groups is 2. The minimum absolute atomic E-state index is 0.299. The zero-order valence-electron chi connectivity index (χ0n) is 28.5. The van der Waals surface area contributed by atoms with Gasteiger partial charge in [0.25, 0.3) is 11.1 Å². The van der Waals surface area contributed by atoms with Crippen LogP contribution in [0.2, 0.25) is 0 Å². The van der Waals surface area contributed by atoms with E-state index in [1.54, 1.807) is 30.2 Å². The van der Waals surface area contributed by atoms with Gasteiger partial charge in [-0.3, -0.25) is 38.3 Å². The van der Waals surface area contributed by atoms with Crippen molar-refractivity contribution in [2.45, 2.75) is 107 Å². The van der Waals surface area contributed by atoms with Crippen molar-refractivity contribution >= 4 is 57.7 Å². The Morgan fingerprint density at radius 2 is 1.17 bits per heavy atom. The van der Waals surface area contributed by atoms with Crippen LogP contribution in [0.4, 0.5) is 0 Å². The molecule has 0 aliphatic carbocycles. The molecular weight excluding hydrogens is 663 g/mol. The molecule has 4 heterocycles. The Balaban J connectivity index is 0.000000261. The number of hydrogen-bond donors (Lipinski definition) is 3. The standard InChI is InChI=1S/C16H24N4O4S.C14H21N5O3S/c1-5-8-9-20-11-12(19(4)15(23)18-13(11)21)17-16(20)25-10(6-2)14(22)24-7-3;1-4-6-7-19-9-11(18(3)13(22)17-12(9)21)16-14(19)23-8(5-2)10(15)20/h10H,5-9H2,1-4H3,(H,18,21,23);8H,4-7H2,1-3H3,(H2,15,20)(H,17,21,22). The summed E-state index contributed by atoms with van der Waals surface area (Å²) in [6.07, 6.45) is 4.75. The van der Waals surface area contributed by atoms with E-state index in [4.69, 9.17) is 10.5 Å². The van der Waals surface area contributed by atoms with E-state index in [2.05, 4.69) is 26.9 Å². The number of hydrogen-bond acceptors (Lipinski definition) is 11. The number of nitrogens with zero attached hydrogens (tertiary/aromatic N) is 6. The first-order valence-corrected chi connectivity index (χ1v) is 17.8. The van der Waals surface area contributed by atoms with Crippen LogP contribution in [0.15, 0.2) is 29.5 Å². The SMILES string of the molecule is CCCCn1c(SC(CC)C(=O)OCC)nc2c1c(=O)[nH]c(=O)n2C.CCCCn1c(SC(CC)C(N)=O)nc2c1c(=O)[nH]c(=O)n2C. The van der Waals surface area contributed by atoms with Crippen LogP contribution >= 0.6 is 23.5 Å². The molecule has 0 radical (unpaired) electrons. The Labute approximate surface area is 284 Å². The van der Waals surface area contributed by atoms with Crippen LogP contribution in [0.1, 0.15) is 73.1 Å². The van der Waals surface area contributed by atoms with Crippen LogP contribution < -0.4 is 28.2 Å². The molecule has 0 aliphatic heterocycles. The van der Waals surface area contributed by atoms with Gasteiger partial charge < -0.3 is 19.6 Å². The average molecular weight is 708 g/mol. The number of imidazole rings is 2. The van der Waals surface area contributed by atoms with E-state index in [0.717, 1.165) is 25.7 Å². The lowest BCUT2D eigenvalue weighted by Crippen LogP contribution is -2.29. The van der Waals surface area contributed by atoms with Crippen molar-refractivity contribution in [2.75, 3.05) is 6.61 Å². The summed E-state index contributed by atoms with van der Waals surface area (Å²) in [6, 6.07) is 0. The number of fused-ring (bicyclic) bond motifs is 2. The molecule has 0 bridgehead atoms. The molecule has 1 amide bonds. The Hall–Kier alpha value is -4.06. The van der Waals surface area contributed by atoms with Gasteiger partial charge in [-0.2, -0.15) is 0 Å². The first-order valence-electron chi connectivity index (χ1n) is 16.0. The van der Waals surface area contributed by atoms with Gasteiger partial charge in [-0.05, 0) is 32.6 Å². The Morgan fingerprint density at radius 1 is 0.750 bits per heavy atom. The fourth-order valence-electron chi connectivity index (χ4n) is 4.79. The van der Waals surface area contributed by atoms with E-state index in [1.165, 1.54) is 32.7 Å². The fourth-order valence-corrected chi connectivity index (χ4v) is 6.81. The molecule has 2 atom stereocenters. The quantitative estimate of drug-likeness (QED) is 0.120. The average Bonchev–Trinajstić information content (AvgIpc) is 3.60. The third-order valence-electron chi connectivity index (χ3n) is 7.52. The van der Waals surface area contributed by atoms with Crippen LogP contribution in [0, 0.1) is 0 Å². The summed E-state index contributed by atoms with van der Waals surface area (Å²) in [5.74, 6) is -0.721. The topological polar surface area (TPSA) is 215 Å². The van der Waals surface area contributed by atoms with Gasteiger partial charge in [0.1, 0.15) is 5.25 Å². The first kappa shape index (κ1) is 38.4. The van der Waals surface area contributed by atoms with Crippen LogP contribution in [0.3, 0.4) is 0 Å². The van der Waals surface area contributed by atoms with Crippen LogP contribution in [-0.4, -0.2) is 67.2 Å². The highest BCUT2D eigenvalue weighted by Crippen LogP contribution is 2.29. The molecule has 264 valence electrons. The molecule has 0 saturated carbocycles. The lowest BCUT2D eigenvalue weighted by atomic mass is 10.3. The van der Waals surface area contributed by atoms with E-state index in [9.17, 15) is 28.8 Å². The highest BCUT2D eigenvalue weighted by atomic mass is 32.2. The van der Waals surface area contributed by atoms with Crippen molar-refractivity contribution in [3.05, 3.63) is 41.7 Å². The molecule has 4 N–H and O–H groups in total. The molecule has 0 spiro atoms. The molecule has 18 heteroatoms. The van der Waals surface area contributed by atoms with E-state index in [0.29, 0.717) is 65.2 Å². The van der Waals surface area contributed by atoms with Gasteiger partial charge >= 0.3 is 17.3 Å². The maximum absolute atomic E-state index is 12.3. The van der Waals surface area contributed by atoms with Crippen molar-refractivity contribution in [1.29, 1.82) is 0 Å². The minimum atomic E-state index is -0.513. The van der Waals surface area contributed by atoms with Gasteiger partial charge in [0.2, 0.25) is 5.91 Å². The fraction of sp³-hybridized carbons (Fsp3) is 0.600. The molecule has 16 nitrogen and oxygen atoms in total. The molecule has 4 rings (SSSR count).